The van der Waals surface area contributed by atoms with Crippen molar-refractivity contribution in [1.82, 2.24) is 4.98 Å². The molecule has 0 aliphatic rings. The minimum Gasteiger partial charge on any atom is -0.366 e. The minimum atomic E-state index is -0.404. The number of nitrogens with two attached hydrogens (primary N) is 1. The maximum absolute atomic E-state index is 12.0. The Labute approximate surface area is 158 Å². The predicted molar refractivity (Wildman–Crippen MR) is 110 cm³/mol. The van der Waals surface area contributed by atoms with Crippen molar-refractivity contribution in [2.75, 3.05) is 0 Å². The molecule has 0 aliphatic carbocycles. The van der Waals surface area contributed by atoms with Gasteiger partial charge in [-0.05, 0) is 57.3 Å². The Hall–Kier alpha value is -3.46. The van der Waals surface area contributed by atoms with Gasteiger partial charge >= 0.3 is 0 Å². The van der Waals surface area contributed by atoms with Crippen molar-refractivity contribution in [1.29, 1.82) is 0 Å². The second-order valence-electron chi connectivity index (χ2n) is 6.73. The van der Waals surface area contributed by atoms with E-state index < -0.39 is 5.91 Å². The number of carbonyl (C=O) groups excluding carboxylic acids is 1. The third kappa shape index (κ3) is 3.32. The van der Waals surface area contributed by atoms with Crippen LogP contribution in [0.3, 0.4) is 0 Å². The molecule has 0 aliphatic heterocycles. The summed E-state index contributed by atoms with van der Waals surface area (Å²) in [6.45, 7) is 2.11. The highest BCUT2D eigenvalue weighted by Crippen LogP contribution is 2.32. The normalized spacial score (nSPS) is 12.0. The molecule has 0 bridgehead atoms. The molecule has 3 heteroatoms. The van der Waals surface area contributed by atoms with Crippen LogP contribution in [0.4, 0.5) is 0 Å². The molecule has 27 heavy (non-hydrogen) atoms. The quantitative estimate of drug-likeness (QED) is 0.552. The van der Waals surface area contributed by atoms with Crippen LogP contribution >= 0.6 is 0 Å². The van der Waals surface area contributed by atoms with E-state index in [1.807, 2.05) is 36.4 Å². The monoisotopic (exact) mass is 352 g/mol. The maximum atomic E-state index is 12.0. The van der Waals surface area contributed by atoms with Crippen LogP contribution in [0.15, 0.2) is 85.2 Å². The van der Waals surface area contributed by atoms with Crippen LogP contribution in [0.25, 0.3) is 21.9 Å². The molecule has 2 N–H and O–H groups in total. The van der Waals surface area contributed by atoms with Crippen molar-refractivity contribution in [3.05, 3.63) is 102 Å². The topological polar surface area (TPSA) is 56.0 Å². The van der Waals surface area contributed by atoms with E-state index in [0.29, 0.717) is 5.56 Å². The summed E-state index contributed by atoms with van der Waals surface area (Å²) in [5.74, 6) is -0.363. The van der Waals surface area contributed by atoms with E-state index in [2.05, 4.69) is 48.3 Å². The Morgan fingerprint density at radius 2 is 1.59 bits per heavy atom. The van der Waals surface area contributed by atoms with Gasteiger partial charge in [0, 0.05) is 23.9 Å². The summed E-state index contributed by atoms with van der Waals surface area (Å²) in [5, 5.41) is 2.39. The number of carbonyl (C=O) groups is 1. The highest BCUT2D eigenvalue weighted by atomic mass is 16.1. The SMILES string of the molecule is C[C@H](c1ccc2ccccc2c1)c1cc(-c2ccncc2)ccc1C(N)=O. The molecule has 1 atom stereocenters. The van der Waals surface area contributed by atoms with Gasteiger partial charge in [-0.25, -0.2) is 0 Å². The highest BCUT2D eigenvalue weighted by Gasteiger charge is 2.17. The molecule has 3 nitrogen and oxygen atoms in total. The molecule has 0 unspecified atom stereocenters. The van der Waals surface area contributed by atoms with Crippen LogP contribution in [0.2, 0.25) is 0 Å². The van der Waals surface area contributed by atoms with Gasteiger partial charge in [-0.15, -0.1) is 0 Å². The fourth-order valence-electron chi connectivity index (χ4n) is 3.53. The molecule has 0 radical (unpaired) electrons. The average Bonchev–Trinajstić information content (AvgIpc) is 2.73. The van der Waals surface area contributed by atoms with Gasteiger partial charge in [-0.1, -0.05) is 55.5 Å². The molecule has 1 aromatic heterocycles. The number of fused-ring (bicyclic) bond motifs is 1. The van der Waals surface area contributed by atoms with Crippen molar-refractivity contribution in [2.45, 2.75) is 12.8 Å². The van der Waals surface area contributed by atoms with Gasteiger partial charge in [0.1, 0.15) is 0 Å². The number of nitrogens with zero attached hydrogens (tertiary/aromatic N) is 1. The maximum Gasteiger partial charge on any atom is 0.248 e. The number of primary amides is 1. The Kier molecular flexibility index (Phi) is 4.43. The summed E-state index contributed by atoms with van der Waals surface area (Å²) in [6.07, 6.45) is 3.54. The van der Waals surface area contributed by atoms with Crippen LogP contribution in [0.1, 0.15) is 34.3 Å². The van der Waals surface area contributed by atoms with Crippen LogP contribution < -0.4 is 5.73 Å². The molecule has 4 rings (SSSR count). The van der Waals surface area contributed by atoms with Crippen molar-refractivity contribution < 1.29 is 4.79 Å². The van der Waals surface area contributed by atoms with Gasteiger partial charge in [0.15, 0.2) is 0 Å². The largest absolute Gasteiger partial charge is 0.366 e. The third-order valence-electron chi connectivity index (χ3n) is 5.07. The molecule has 0 saturated carbocycles. The van der Waals surface area contributed by atoms with E-state index in [1.165, 1.54) is 10.8 Å². The first-order valence-corrected chi connectivity index (χ1v) is 8.96. The molecule has 0 saturated heterocycles. The fraction of sp³-hybridized carbons (Fsp3) is 0.0833. The number of amides is 1. The zero-order valence-electron chi connectivity index (χ0n) is 15.1. The summed E-state index contributed by atoms with van der Waals surface area (Å²) in [4.78, 5) is 16.1. The number of rotatable bonds is 4. The number of hydrogen-bond donors (Lipinski definition) is 1. The lowest BCUT2D eigenvalue weighted by atomic mass is 9.86. The molecular weight excluding hydrogens is 332 g/mol. The molecule has 0 fully saturated rings. The van der Waals surface area contributed by atoms with E-state index in [9.17, 15) is 4.79 Å². The summed E-state index contributed by atoms with van der Waals surface area (Å²) < 4.78 is 0. The standard InChI is InChI=1S/C24H20N2O/c1-16(19-7-6-17-4-2-3-5-20(17)14-19)23-15-21(8-9-22(23)24(25)27)18-10-12-26-13-11-18/h2-16H,1H3,(H2,25,27)/t16-/m1/s1. The van der Waals surface area contributed by atoms with E-state index in [-0.39, 0.29) is 5.92 Å². The molecule has 132 valence electrons. The predicted octanol–water partition coefficient (Wildman–Crippen LogP) is 5.15. The second kappa shape index (κ2) is 7.04. The lowest BCUT2D eigenvalue weighted by Crippen LogP contribution is -2.15. The van der Waals surface area contributed by atoms with Crippen molar-refractivity contribution in [3.8, 4) is 11.1 Å². The van der Waals surface area contributed by atoms with Gasteiger partial charge in [-0.3, -0.25) is 9.78 Å². The average molecular weight is 352 g/mol. The molecule has 3 aromatic carbocycles. The van der Waals surface area contributed by atoms with Gasteiger partial charge < -0.3 is 5.73 Å². The first kappa shape index (κ1) is 17.0. The van der Waals surface area contributed by atoms with Crippen LogP contribution in [0.5, 0.6) is 0 Å². The van der Waals surface area contributed by atoms with Gasteiger partial charge in [0.25, 0.3) is 0 Å². The summed E-state index contributed by atoms with van der Waals surface area (Å²) in [6, 6.07) is 24.5. The summed E-state index contributed by atoms with van der Waals surface area (Å²) in [7, 11) is 0. The van der Waals surface area contributed by atoms with Gasteiger partial charge in [0.05, 0.1) is 0 Å². The zero-order chi connectivity index (χ0) is 18.8. The second-order valence-corrected chi connectivity index (χ2v) is 6.73. The summed E-state index contributed by atoms with van der Waals surface area (Å²) in [5.41, 5.74) is 10.4. The number of hydrogen-bond acceptors (Lipinski definition) is 2. The van der Waals surface area contributed by atoms with Gasteiger partial charge in [-0.2, -0.15) is 0 Å². The fourth-order valence-corrected chi connectivity index (χ4v) is 3.53. The lowest BCUT2D eigenvalue weighted by molar-refractivity contribution is 0.0999. The van der Waals surface area contributed by atoms with E-state index >= 15 is 0 Å². The third-order valence-corrected chi connectivity index (χ3v) is 5.07. The molecular formula is C24H20N2O. The Morgan fingerprint density at radius 1 is 0.852 bits per heavy atom. The molecule has 0 spiro atoms. The van der Waals surface area contributed by atoms with Gasteiger partial charge in [0.2, 0.25) is 5.91 Å². The number of aromatic nitrogens is 1. The van der Waals surface area contributed by atoms with Crippen LogP contribution in [0, 0.1) is 0 Å². The number of benzene rings is 3. The lowest BCUT2D eigenvalue weighted by Gasteiger charge is -2.18. The number of pyridine rings is 1. The Morgan fingerprint density at radius 3 is 2.33 bits per heavy atom. The minimum absolute atomic E-state index is 0.0406. The van der Waals surface area contributed by atoms with Crippen LogP contribution in [-0.2, 0) is 0 Å². The van der Waals surface area contributed by atoms with Crippen LogP contribution in [-0.4, -0.2) is 10.9 Å². The van der Waals surface area contributed by atoms with E-state index in [4.69, 9.17) is 5.73 Å². The highest BCUT2D eigenvalue weighted by molar-refractivity contribution is 5.95. The van der Waals surface area contributed by atoms with Crippen molar-refractivity contribution in [3.63, 3.8) is 0 Å². The van der Waals surface area contributed by atoms with Crippen molar-refractivity contribution >= 4 is 16.7 Å². The molecule has 1 heterocycles. The van der Waals surface area contributed by atoms with E-state index in [1.54, 1.807) is 12.4 Å². The smallest absolute Gasteiger partial charge is 0.248 e. The molecule has 4 aromatic rings. The zero-order valence-corrected chi connectivity index (χ0v) is 15.1. The molecule has 1 amide bonds. The first-order valence-electron chi connectivity index (χ1n) is 8.96. The Balaban J connectivity index is 1.83. The van der Waals surface area contributed by atoms with E-state index in [0.717, 1.165) is 22.3 Å². The first-order chi connectivity index (χ1) is 13.1. The summed E-state index contributed by atoms with van der Waals surface area (Å²) >= 11 is 0. The Bertz CT molecular complexity index is 1120. The van der Waals surface area contributed by atoms with Crippen molar-refractivity contribution in [2.24, 2.45) is 5.73 Å².